The Labute approximate surface area is 178 Å². The van der Waals surface area contributed by atoms with Crippen molar-refractivity contribution in [3.05, 3.63) is 76.8 Å². The van der Waals surface area contributed by atoms with Crippen LogP contribution in [0.5, 0.6) is 5.75 Å². The Morgan fingerprint density at radius 3 is 2.69 bits per heavy atom. The number of carbonyl (C=O) groups is 1. The summed E-state index contributed by atoms with van der Waals surface area (Å²) in [6, 6.07) is 19.3. The molecule has 29 heavy (non-hydrogen) atoms. The maximum Gasteiger partial charge on any atom is 0.262 e. The van der Waals surface area contributed by atoms with E-state index in [0.717, 1.165) is 31.9 Å². The summed E-state index contributed by atoms with van der Waals surface area (Å²) in [6.45, 7) is 3.91. The molecule has 0 saturated carbocycles. The second-order valence-electron chi connectivity index (χ2n) is 6.79. The van der Waals surface area contributed by atoms with Crippen LogP contribution in [0.25, 0.3) is 20.8 Å². The topological polar surface area (TPSA) is 51.2 Å². The Balaban J connectivity index is 1.44. The van der Waals surface area contributed by atoms with Crippen molar-refractivity contribution in [2.75, 3.05) is 11.9 Å². The third-order valence-corrected chi connectivity index (χ3v) is 5.85. The summed E-state index contributed by atoms with van der Waals surface area (Å²) in [5.41, 5.74) is 4.57. The molecule has 1 heterocycles. The summed E-state index contributed by atoms with van der Waals surface area (Å²) in [6.07, 6.45) is 0. The number of amides is 1. The van der Waals surface area contributed by atoms with E-state index < -0.39 is 0 Å². The number of para-hydroxylation sites is 1. The third kappa shape index (κ3) is 4.42. The summed E-state index contributed by atoms with van der Waals surface area (Å²) in [4.78, 5) is 16.9. The van der Waals surface area contributed by atoms with Gasteiger partial charge in [-0.3, -0.25) is 4.79 Å². The number of thiazole rings is 1. The molecule has 4 rings (SSSR count). The lowest BCUT2D eigenvalue weighted by molar-refractivity contribution is -0.118. The van der Waals surface area contributed by atoms with Crippen LogP contribution in [0.3, 0.4) is 0 Å². The van der Waals surface area contributed by atoms with E-state index in [1.54, 1.807) is 17.4 Å². The van der Waals surface area contributed by atoms with Crippen LogP contribution in [-0.2, 0) is 4.79 Å². The van der Waals surface area contributed by atoms with E-state index in [4.69, 9.17) is 16.3 Å². The fourth-order valence-electron chi connectivity index (χ4n) is 3.06. The van der Waals surface area contributed by atoms with Crippen LogP contribution in [0.1, 0.15) is 11.1 Å². The van der Waals surface area contributed by atoms with Gasteiger partial charge in [-0.15, -0.1) is 11.3 Å². The number of nitrogens with one attached hydrogen (secondary N) is 1. The number of nitrogens with zero attached hydrogens (tertiary/aromatic N) is 1. The highest BCUT2D eigenvalue weighted by Crippen LogP contribution is 2.35. The van der Waals surface area contributed by atoms with Crippen LogP contribution >= 0.6 is 22.9 Å². The molecule has 0 atom stereocenters. The highest BCUT2D eigenvalue weighted by molar-refractivity contribution is 7.21. The van der Waals surface area contributed by atoms with Gasteiger partial charge in [-0.1, -0.05) is 41.4 Å². The lowest BCUT2D eigenvalue weighted by Gasteiger charge is -2.11. The highest BCUT2D eigenvalue weighted by Gasteiger charge is 2.12. The number of benzene rings is 3. The summed E-state index contributed by atoms with van der Waals surface area (Å²) in [5, 5.41) is 4.22. The Hall–Kier alpha value is -2.89. The van der Waals surface area contributed by atoms with Gasteiger partial charge in [0, 0.05) is 11.3 Å². The van der Waals surface area contributed by atoms with E-state index >= 15 is 0 Å². The minimum absolute atomic E-state index is 0.0683. The molecule has 1 aromatic heterocycles. The maximum atomic E-state index is 12.3. The van der Waals surface area contributed by atoms with Crippen molar-refractivity contribution >= 4 is 44.7 Å². The molecular weight excluding hydrogens is 404 g/mol. The molecule has 1 N–H and O–H groups in total. The molecule has 4 nitrogen and oxygen atoms in total. The monoisotopic (exact) mass is 422 g/mol. The Morgan fingerprint density at radius 1 is 1.10 bits per heavy atom. The van der Waals surface area contributed by atoms with Gasteiger partial charge in [0.2, 0.25) is 0 Å². The quantitative estimate of drug-likeness (QED) is 0.413. The van der Waals surface area contributed by atoms with E-state index in [9.17, 15) is 4.79 Å². The smallest absolute Gasteiger partial charge is 0.262 e. The Kier molecular flexibility index (Phi) is 5.51. The number of hydrogen-bond donors (Lipinski definition) is 1. The van der Waals surface area contributed by atoms with E-state index in [0.29, 0.717) is 16.5 Å². The molecule has 6 heteroatoms. The highest BCUT2D eigenvalue weighted by atomic mass is 35.5. The Morgan fingerprint density at radius 2 is 1.93 bits per heavy atom. The molecule has 0 aliphatic carbocycles. The zero-order valence-corrected chi connectivity index (χ0v) is 17.6. The van der Waals surface area contributed by atoms with Crippen LogP contribution in [-0.4, -0.2) is 17.5 Å². The number of aryl methyl sites for hydroxylation is 2. The minimum Gasteiger partial charge on any atom is -0.483 e. The third-order valence-electron chi connectivity index (χ3n) is 4.47. The molecule has 146 valence electrons. The largest absolute Gasteiger partial charge is 0.483 e. The van der Waals surface area contributed by atoms with Gasteiger partial charge in [-0.25, -0.2) is 4.98 Å². The lowest BCUT2D eigenvalue weighted by Crippen LogP contribution is -2.20. The van der Waals surface area contributed by atoms with Crippen molar-refractivity contribution < 1.29 is 9.53 Å². The summed E-state index contributed by atoms with van der Waals surface area (Å²) in [7, 11) is 0. The lowest BCUT2D eigenvalue weighted by atomic mass is 10.1. The van der Waals surface area contributed by atoms with Crippen molar-refractivity contribution in [3.63, 3.8) is 0 Å². The molecular formula is C23H19ClN2O2S. The number of anilines is 1. The molecule has 4 aromatic rings. The van der Waals surface area contributed by atoms with Gasteiger partial charge in [-0.2, -0.15) is 0 Å². The standard InChI is InChI=1S/C23H19ClN2O2S/c1-14-7-10-20(15(2)11-14)28-13-22(27)25-16-8-9-17(18(24)12-16)23-26-19-5-3-4-6-21(19)29-23/h3-12H,13H2,1-2H3,(H,25,27). The van der Waals surface area contributed by atoms with Gasteiger partial charge in [0.05, 0.1) is 15.2 Å². The molecule has 3 aromatic carbocycles. The van der Waals surface area contributed by atoms with Gasteiger partial charge >= 0.3 is 0 Å². The number of hydrogen-bond acceptors (Lipinski definition) is 4. The molecule has 0 spiro atoms. The van der Waals surface area contributed by atoms with Crippen molar-refractivity contribution in [1.29, 1.82) is 0 Å². The fraction of sp³-hybridized carbons (Fsp3) is 0.130. The first kappa shape index (κ1) is 19.4. The molecule has 0 bridgehead atoms. The maximum absolute atomic E-state index is 12.3. The van der Waals surface area contributed by atoms with Gasteiger partial charge in [0.25, 0.3) is 5.91 Å². The number of ether oxygens (including phenoxy) is 1. The molecule has 0 saturated heterocycles. The van der Waals surface area contributed by atoms with Crippen LogP contribution in [0.15, 0.2) is 60.7 Å². The van der Waals surface area contributed by atoms with Crippen LogP contribution < -0.4 is 10.1 Å². The Bertz CT molecular complexity index is 1170. The van der Waals surface area contributed by atoms with Gasteiger partial charge in [-0.05, 0) is 55.8 Å². The number of carbonyl (C=O) groups excluding carboxylic acids is 1. The van der Waals surface area contributed by atoms with Crippen molar-refractivity contribution in [1.82, 2.24) is 4.98 Å². The minimum atomic E-state index is -0.242. The number of fused-ring (bicyclic) bond motifs is 1. The number of aromatic nitrogens is 1. The molecule has 0 unspecified atom stereocenters. The average Bonchev–Trinajstić information content (AvgIpc) is 3.11. The first-order valence-electron chi connectivity index (χ1n) is 9.15. The van der Waals surface area contributed by atoms with Crippen molar-refractivity contribution in [2.24, 2.45) is 0 Å². The van der Waals surface area contributed by atoms with E-state index in [1.807, 2.05) is 68.4 Å². The van der Waals surface area contributed by atoms with Gasteiger partial charge in [0.1, 0.15) is 10.8 Å². The van der Waals surface area contributed by atoms with Crippen LogP contribution in [0.2, 0.25) is 5.02 Å². The predicted octanol–water partition coefficient (Wildman–Crippen LogP) is 6.25. The van der Waals surface area contributed by atoms with Crippen molar-refractivity contribution in [2.45, 2.75) is 13.8 Å². The number of rotatable bonds is 5. The number of halogens is 1. The zero-order valence-electron chi connectivity index (χ0n) is 16.0. The van der Waals surface area contributed by atoms with Gasteiger partial charge in [0.15, 0.2) is 6.61 Å². The second kappa shape index (κ2) is 8.23. The summed E-state index contributed by atoms with van der Waals surface area (Å²) >= 11 is 8.06. The SMILES string of the molecule is Cc1ccc(OCC(=O)Nc2ccc(-c3nc4ccccc4s3)c(Cl)c2)c(C)c1. The normalized spacial score (nSPS) is 10.9. The first-order chi connectivity index (χ1) is 14.0. The molecule has 0 aliphatic heterocycles. The van der Waals surface area contributed by atoms with E-state index in [2.05, 4.69) is 10.3 Å². The predicted molar refractivity (Wildman–Crippen MR) is 120 cm³/mol. The van der Waals surface area contributed by atoms with Crippen LogP contribution in [0.4, 0.5) is 5.69 Å². The molecule has 0 fully saturated rings. The molecule has 0 aliphatic rings. The van der Waals surface area contributed by atoms with E-state index in [-0.39, 0.29) is 12.5 Å². The molecule has 1 amide bonds. The fourth-order valence-corrected chi connectivity index (χ4v) is 4.39. The van der Waals surface area contributed by atoms with Crippen LogP contribution in [0, 0.1) is 13.8 Å². The van der Waals surface area contributed by atoms with Crippen molar-refractivity contribution in [3.8, 4) is 16.3 Å². The average molecular weight is 423 g/mol. The van der Waals surface area contributed by atoms with E-state index in [1.165, 1.54) is 0 Å². The summed E-state index contributed by atoms with van der Waals surface area (Å²) in [5.74, 6) is 0.462. The zero-order chi connectivity index (χ0) is 20.4. The second-order valence-corrected chi connectivity index (χ2v) is 8.23. The molecule has 0 radical (unpaired) electrons. The summed E-state index contributed by atoms with van der Waals surface area (Å²) < 4.78 is 6.74. The first-order valence-corrected chi connectivity index (χ1v) is 10.3. The van der Waals surface area contributed by atoms with Gasteiger partial charge < -0.3 is 10.1 Å².